The summed E-state index contributed by atoms with van der Waals surface area (Å²) in [7, 11) is 0. The van der Waals surface area contributed by atoms with Gasteiger partial charge in [-0.1, -0.05) is 30.7 Å². The van der Waals surface area contributed by atoms with E-state index in [0.29, 0.717) is 6.54 Å². The van der Waals surface area contributed by atoms with Crippen LogP contribution in [0, 0.1) is 5.92 Å². The number of aromatic nitrogens is 2. The number of benzene rings is 1. The Labute approximate surface area is 165 Å². The van der Waals surface area contributed by atoms with Crippen molar-refractivity contribution in [2.75, 3.05) is 6.54 Å². The van der Waals surface area contributed by atoms with E-state index in [1.807, 2.05) is 24.3 Å². The summed E-state index contributed by atoms with van der Waals surface area (Å²) in [6, 6.07) is 10.0. The van der Waals surface area contributed by atoms with Crippen LogP contribution in [-0.4, -0.2) is 32.9 Å². The fraction of sp³-hybridized carbons (Fsp3) is 0.500. The van der Waals surface area contributed by atoms with Crippen molar-refractivity contribution >= 4 is 11.7 Å². The first-order valence-electron chi connectivity index (χ1n) is 10.2. The van der Waals surface area contributed by atoms with Crippen molar-refractivity contribution in [3.8, 4) is 0 Å². The lowest BCUT2D eigenvalue weighted by Crippen LogP contribution is -2.34. The highest BCUT2D eigenvalue weighted by molar-refractivity contribution is 5.94. The number of Topliss-reactive ketones (excluding diaryl/α,β-unsaturated/α-hetero) is 1. The quantitative estimate of drug-likeness (QED) is 0.783. The molecule has 0 atom stereocenters. The second-order valence-electron chi connectivity index (χ2n) is 8.01. The minimum atomic E-state index is 0.0992. The normalized spacial score (nSPS) is 17.5. The van der Waals surface area contributed by atoms with E-state index in [1.54, 1.807) is 6.92 Å². The number of rotatable bonds is 6. The molecule has 2 aliphatic rings. The Morgan fingerprint density at radius 3 is 2.61 bits per heavy atom. The number of aryl methyl sites for hydroxylation is 1. The van der Waals surface area contributed by atoms with Gasteiger partial charge in [-0.05, 0) is 37.8 Å². The zero-order chi connectivity index (χ0) is 19.5. The van der Waals surface area contributed by atoms with Gasteiger partial charge in [0.05, 0.1) is 17.9 Å². The summed E-state index contributed by atoms with van der Waals surface area (Å²) in [4.78, 5) is 25.9. The molecule has 1 saturated carbocycles. The minimum absolute atomic E-state index is 0.0992. The number of ketones is 1. The molecule has 2 heterocycles. The lowest BCUT2D eigenvalue weighted by Gasteiger charge is -2.23. The van der Waals surface area contributed by atoms with Gasteiger partial charge >= 0.3 is 0 Å². The largest absolute Gasteiger partial charge is 0.350 e. The maximum Gasteiger partial charge on any atom is 0.223 e. The SMILES string of the molecule is CC(=O)c1ccc(CN2CCCn3nc(CNC(=O)C4CCC4)cc3C2)cc1. The molecular weight excluding hydrogens is 352 g/mol. The molecule has 0 saturated heterocycles. The van der Waals surface area contributed by atoms with Gasteiger partial charge in [-0.3, -0.25) is 19.2 Å². The first-order valence-corrected chi connectivity index (χ1v) is 10.2. The number of nitrogens with one attached hydrogen (secondary N) is 1. The first kappa shape index (κ1) is 18.9. The molecule has 6 nitrogen and oxygen atoms in total. The minimum Gasteiger partial charge on any atom is -0.350 e. The summed E-state index contributed by atoms with van der Waals surface area (Å²) in [6.07, 6.45) is 4.26. The molecule has 1 aromatic carbocycles. The number of amides is 1. The van der Waals surface area contributed by atoms with Crippen molar-refractivity contribution in [3.05, 3.63) is 52.8 Å². The maximum atomic E-state index is 12.0. The van der Waals surface area contributed by atoms with E-state index in [-0.39, 0.29) is 17.6 Å². The Morgan fingerprint density at radius 2 is 1.93 bits per heavy atom. The third-order valence-corrected chi connectivity index (χ3v) is 5.83. The van der Waals surface area contributed by atoms with Crippen molar-refractivity contribution in [3.63, 3.8) is 0 Å². The first-order chi connectivity index (χ1) is 13.6. The zero-order valence-corrected chi connectivity index (χ0v) is 16.5. The maximum absolute atomic E-state index is 12.0. The van der Waals surface area contributed by atoms with Gasteiger partial charge in [-0.2, -0.15) is 5.10 Å². The molecule has 0 bridgehead atoms. The average Bonchev–Trinajstić information content (AvgIpc) is 2.91. The van der Waals surface area contributed by atoms with Crippen LogP contribution >= 0.6 is 0 Å². The van der Waals surface area contributed by atoms with Crippen molar-refractivity contribution in [2.24, 2.45) is 5.92 Å². The van der Waals surface area contributed by atoms with Crippen LogP contribution < -0.4 is 5.32 Å². The van der Waals surface area contributed by atoms with E-state index in [2.05, 4.69) is 21.0 Å². The van der Waals surface area contributed by atoms with E-state index in [9.17, 15) is 9.59 Å². The van der Waals surface area contributed by atoms with Gasteiger partial charge in [0.15, 0.2) is 5.78 Å². The third kappa shape index (κ3) is 4.33. The van der Waals surface area contributed by atoms with Crippen LogP contribution in [0.4, 0.5) is 0 Å². The Morgan fingerprint density at radius 1 is 1.14 bits per heavy atom. The molecule has 1 amide bonds. The Kier molecular flexibility index (Phi) is 5.57. The number of carbonyl (C=O) groups is 2. The smallest absolute Gasteiger partial charge is 0.223 e. The Bertz CT molecular complexity index is 852. The number of fused-ring (bicyclic) bond motifs is 1. The molecule has 4 rings (SSSR count). The highest BCUT2D eigenvalue weighted by Gasteiger charge is 2.25. The van der Waals surface area contributed by atoms with Crippen LogP contribution in [0.3, 0.4) is 0 Å². The van der Waals surface area contributed by atoms with E-state index in [1.165, 1.54) is 17.7 Å². The molecule has 1 N–H and O–H groups in total. The summed E-state index contributed by atoms with van der Waals surface area (Å²) in [5, 5.41) is 7.73. The summed E-state index contributed by atoms with van der Waals surface area (Å²) in [5.74, 6) is 0.484. The topological polar surface area (TPSA) is 67.2 Å². The van der Waals surface area contributed by atoms with Crippen LogP contribution in [0.5, 0.6) is 0 Å². The molecule has 1 aromatic heterocycles. The van der Waals surface area contributed by atoms with Crippen molar-refractivity contribution in [2.45, 2.75) is 58.8 Å². The molecular formula is C22H28N4O2. The van der Waals surface area contributed by atoms with Crippen molar-refractivity contribution in [1.29, 1.82) is 0 Å². The molecule has 6 heteroatoms. The summed E-state index contributed by atoms with van der Waals surface area (Å²) in [5.41, 5.74) is 4.11. The molecule has 0 spiro atoms. The van der Waals surface area contributed by atoms with Gasteiger partial charge in [-0.15, -0.1) is 0 Å². The van der Waals surface area contributed by atoms with E-state index >= 15 is 0 Å². The molecule has 1 fully saturated rings. The Hall–Kier alpha value is -2.47. The lowest BCUT2D eigenvalue weighted by molar-refractivity contribution is -0.127. The van der Waals surface area contributed by atoms with Crippen molar-refractivity contribution in [1.82, 2.24) is 20.0 Å². The fourth-order valence-corrected chi connectivity index (χ4v) is 3.90. The highest BCUT2D eigenvalue weighted by atomic mass is 16.2. The number of carbonyl (C=O) groups excluding carboxylic acids is 2. The molecule has 0 radical (unpaired) electrons. The summed E-state index contributed by atoms with van der Waals surface area (Å²) in [6.45, 7) is 5.74. The summed E-state index contributed by atoms with van der Waals surface area (Å²) >= 11 is 0. The zero-order valence-electron chi connectivity index (χ0n) is 16.5. The second kappa shape index (κ2) is 8.27. The second-order valence-corrected chi connectivity index (χ2v) is 8.01. The molecule has 1 aliphatic carbocycles. The standard InChI is InChI=1S/C22H28N4O2/c1-16(27)18-8-6-17(7-9-18)14-25-10-3-11-26-21(15-25)12-20(24-26)13-23-22(28)19-4-2-5-19/h6-9,12,19H,2-5,10-11,13-15H2,1H3,(H,23,28). The van der Waals surface area contributed by atoms with Gasteiger partial charge < -0.3 is 5.32 Å². The van der Waals surface area contributed by atoms with Gasteiger partial charge in [0.25, 0.3) is 0 Å². The van der Waals surface area contributed by atoms with Crippen LogP contribution in [0.1, 0.15) is 59.9 Å². The summed E-state index contributed by atoms with van der Waals surface area (Å²) < 4.78 is 2.09. The molecule has 148 valence electrons. The van der Waals surface area contributed by atoms with E-state index in [0.717, 1.165) is 56.7 Å². The highest BCUT2D eigenvalue weighted by Crippen LogP contribution is 2.26. The monoisotopic (exact) mass is 380 g/mol. The van der Waals surface area contributed by atoms with E-state index < -0.39 is 0 Å². The number of hydrogen-bond acceptors (Lipinski definition) is 4. The molecule has 2 aromatic rings. The van der Waals surface area contributed by atoms with Gasteiger partial charge in [-0.25, -0.2) is 0 Å². The van der Waals surface area contributed by atoms with Crippen LogP contribution in [0.2, 0.25) is 0 Å². The van der Waals surface area contributed by atoms with Gasteiger partial charge in [0.1, 0.15) is 0 Å². The predicted octanol–water partition coefficient (Wildman–Crippen LogP) is 2.91. The molecule has 0 unspecified atom stereocenters. The number of nitrogens with zero attached hydrogens (tertiary/aromatic N) is 3. The Balaban J connectivity index is 1.36. The third-order valence-electron chi connectivity index (χ3n) is 5.83. The molecule has 28 heavy (non-hydrogen) atoms. The van der Waals surface area contributed by atoms with E-state index in [4.69, 9.17) is 5.10 Å². The van der Waals surface area contributed by atoms with Crippen LogP contribution in [0.25, 0.3) is 0 Å². The average molecular weight is 380 g/mol. The predicted molar refractivity (Wildman–Crippen MR) is 107 cm³/mol. The lowest BCUT2D eigenvalue weighted by atomic mass is 9.85. The van der Waals surface area contributed by atoms with Gasteiger partial charge in [0.2, 0.25) is 5.91 Å². The van der Waals surface area contributed by atoms with Crippen LogP contribution in [-0.2, 0) is 31.0 Å². The van der Waals surface area contributed by atoms with Gasteiger partial charge in [0, 0.05) is 37.7 Å². The fourth-order valence-electron chi connectivity index (χ4n) is 3.90. The number of hydrogen-bond donors (Lipinski definition) is 1. The molecule has 1 aliphatic heterocycles. The van der Waals surface area contributed by atoms with Crippen LogP contribution in [0.15, 0.2) is 30.3 Å². The van der Waals surface area contributed by atoms with Crippen molar-refractivity contribution < 1.29 is 9.59 Å².